The molecular weight excluding hydrogens is 196 g/mol. The molecule has 16 heavy (non-hydrogen) atoms. The number of benzene rings is 1. The van der Waals surface area contributed by atoms with Crippen molar-refractivity contribution < 1.29 is 5.11 Å². The molecule has 1 heteroatoms. The number of rotatable bonds is 2. The molecule has 0 amide bonds. The van der Waals surface area contributed by atoms with Gasteiger partial charge in [-0.25, -0.2) is 0 Å². The second-order valence-electron chi connectivity index (χ2n) is 6.07. The third-order valence-corrected chi connectivity index (χ3v) is 4.34. The van der Waals surface area contributed by atoms with Gasteiger partial charge in [0.05, 0.1) is 6.61 Å². The summed E-state index contributed by atoms with van der Waals surface area (Å²) in [5, 5.41) is 9.76. The van der Waals surface area contributed by atoms with Gasteiger partial charge in [-0.05, 0) is 49.3 Å². The minimum Gasteiger partial charge on any atom is -0.395 e. The van der Waals surface area contributed by atoms with E-state index < -0.39 is 0 Å². The van der Waals surface area contributed by atoms with Crippen molar-refractivity contribution in [2.75, 3.05) is 6.61 Å². The lowest BCUT2D eigenvalue weighted by molar-refractivity contribution is 0.230. The maximum Gasteiger partial charge on any atom is 0.0533 e. The van der Waals surface area contributed by atoms with Crippen LogP contribution in [-0.2, 0) is 5.41 Å². The molecule has 0 bridgehead atoms. The van der Waals surface area contributed by atoms with Crippen LogP contribution < -0.4 is 0 Å². The van der Waals surface area contributed by atoms with E-state index in [1.54, 1.807) is 0 Å². The van der Waals surface area contributed by atoms with Gasteiger partial charge in [-0.2, -0.15) is 0 Å². The minimum atomic E-state index is 0.00880. The Morgan fingerprint density at radius 1 is 1.12 bits per heavy atom. The molecule has 0 saturated heterocycles. The summed E-state index contributed by atoms with van der Waals surface area (Å²) in [6, 6.07) is 4.46. The summed E-state index contributed by atoms with van der Waals surface area (Å²) in [6.07, 6.45) is 1.10. The van der Waals surface area contributed by atoms with Crippen LogP contribution in [0.15, 0.2) is 12.1 Å². The maximum atomic E-state index is 9.76. The number of hydrogen-bond acceptors (Lipinski definition) is 1. The van der Waals surface area contributed by atoms with Crippen molar-refractivity contribution in [1.82, 2.24) is 0 Å². The standard InChI is InChI=1S/C15H22O/c1-10-6-11(2)13(12(3)7-10)15(9-16)8-14(15,4)5/h6-7,16H,8-9H2,1-5H3. The van der Waals surface area contributed by atoms with Crippen molar-refractivity contribution in [3.8, 4) is 0 Å². The molecule has 1 aromatic rings. The highest BCUT2D eigenvalue weighted by molar-refractivity contribution is 5.48. The van der Waals surface area contributed by atoms with Gasteiger partial charge in [0.1, 0.15) is 0 Å². The normalized spacial score (nSPS) is 26.9. The summed E-state index contributed by atoms with van der Waals surface area (Å²) < 4.78 is 0. The fourth-order valence-corrected chi connectivity index (χ4v) is 3.42. The van der Waals surface area contributed by atoms with E-state index in [4.69, 9.17) is 0 Å². The highest BCUT2D eigenvalue weighted by Gasteiger charge is 2.62. The van der Waals surface area contributed by atoms with Crippen molar-refractivity contribution in [2.45, 2.75) is 46.5 Å². The van der Waals surface area contributed by atoms with Gasteiger partial charge >= 0.3 is 0 Å². The average molecular weight is 218 g/mol. The Labute approximate surface area is 98.5 Å². The Kier molecular flexibility index (Phi) is 2.43. The predicted octanol–water partition coefficient (Wildman–Crippen LogP) is 3.27. The molecule has 1 aliphatic rings. The molecule has 0 radical (unpaired) electrons. The Morgan fingerprint density at radius 3 is 1.88 bits per heavy atom. The zero-order chi connectivity index (χ0) is 12.1. The fraction of sp³-hybridized carbons (Fsp3) is 0.600. The second-order valence-corrected chi connectivity index (χ2v) is 6.07. The van der Waals surface area contributed by atoms with Crippen LogP contribution in [0.1, 0.15) is 42.5 Å². The summed E-state index contributed by atoms with van der Waals surface area (Å²) in [5.41, 5.74) is 5.60. The maximum absolute atomic E-state index is 9.76. The smallest absolute Gasteiger partial charge is 0.0533 e. The first-order valence-electron chi connectivity index (χ1n) is 6.03. The number of aliphatic hydroxyl groups excluding tert-OH is 1. The van der Waals surface area contributed by atoms with Gasteiger partial charge in [0.15, 0.2) is 0 Å². The number of aliphatic hydroxyl groups is 1. The number of hydrogen-bond donors (Lipinski definition) is 1. The largest absolute Gasteiger partial charge is 0.395 e. The van der Waals surface area contributed by atoms with E-state index in [9.17, 15) is 5.11 Å². The molecule has 1 aromatic carbocycles. The lowest BCUT2D eigenvalue weighted by atomic mass is 9.82. The first kappa shape index (κ1) is 11.7. The van der Waals surface area contributed by atoms with Gasteiger partial charge in [-0.15, -0.1) is 0 Å². The molecule has 1 aliphatic carbocycles. The zero-order valence-corrected chi connectivity index (χ0v) is 11.0. The van der Waals surface area contributed by atoms with E-state index in [0.717, 1.165) is 6.42 Å². The first-order valence-corrected chi connectivity index (χ1v) is 6.03. The molecule has 1 fully saturated rings. The topological polar surface area (TPSA) is 20.2 Å². The van der Waals surface area contributed by atoms with E-state index in [-0.39, 0.29) is 17.4 Å². The van der Waals surface area contributed by atoms with E-state index in [1.165, 1.54) is 22.3 Å². The molecule has 88 valence electrons. The Bertz CT molecular complexity index is 408. The molecule has 1 saturated carbocycles. The lowest BCUT2D eigenvalue weighted by Crippen LogP contribution is -2.22. The summed E-state index contributed by atoms with van der Waals surface area (Å²) in [7, 11) is 0. The minimum absolute atomic E-state index is 0.00880. The molecule has 0 aromatic heterocycles. The van der Waals surface area contributed by atoms with Crippen LogP contribution in [0.2, 0.25) is 0 Å². The van der Waals surface area contributed by atoms with Crippen molar-refractivity contribution in [3.63, 3.8) is 0 Å². The van der Waals surface area contributed by atoms with E-state index >= 15 is 0 Å². The molecule has 0 spiro atoms. The van der Waals surface area contributed by atoms with Crippen LogP contribution in [0.5, 0.6) is 0 Å². The third-order valence-electron chi connectivity index (χ3n) is 4.34. The van der Waals surface area contributed by atoms with Crippen molar-refractivity contribution in [2.24, 2.45) is 5.41 Å². The van der Waals surface area contributed by atoms with Gasteiger partial charge < -0.3 is 5.11 Å². The van der Waals surface area contributed by atoms with Crippen LogP contribution in [0, 0.1) is 26.2 Å². The first-order chi connectivity index (χ1) is 7.34. The van der Waals surface area contributed by atoms with E-state index in [2.05, 4.69) is 46.8 Å². The lowest BCUT2D eigenvalue weighted by Gasteiger charge is -2.23. The summed E-state index contributed by atoms with van der Waals surface area (Å²) >= 11 is 0. The van der Waals surface area contributed by atoms with Gasteiger partial charge in [-0.3, -0.25) is 0 Å². The van der Waals surface area contributed by atoms with Crippen LogP contribution in [-0.4, -0.2) is 11.7 Å². The van der Waals surface area contributed by atoms with Gasteiger partial charge in [0, 0.05) is 5.41 Å². The summed E-state index contributed by atoms with van der Waals surface area (Å²) in [4.78, 5) is 0. The van der Waals surface area contributed by atoms with Crippen molar-refractivity contribution in [3.05, 3.63) is 34.4 Å². The molecular formula is C15H22O. The van der Waals surface area contributed by atoms with Gasteiger partial charge in [0.2, 0.25) is 0 Å². The quantitative estimate of drug-likeness (QED) is 0.807. The third kappa shape index (κ3) is 1.41. The fourth-order valence-electron chi connectivity index (χ4n) is 3.42. The Morgan fingerprint density at radius 2 is 1.56 bits per heavy atom. The molecule has 1 unspecified atom stereocenters. The SMILES string of the molecule is Cc1cc(C)c(C2(CO)CC2(C)C)c(C)c1. The molecule has 1 atom stereocenters. The number of aryl methyl sites for hydroxylation is 3. The van der Waals surface area contributed by atoms with E-state index in [0.29, 0.717) is 0 Å². The van der Waals surface area contributed by atoms with Crippen LogP contribution in [0.4, 0.5) is 0 Å². The molecule has 1 N–H and O–H groups in total. The van der Waals surface area contributed by atoms with Crippen molar-refractivity contribution >= 4 is 0 Å². The van der Waals surface area contributed by atoms with Crippen LogP contribution >= 0.6 is 0 Å². The molecule has 0 heterocycles. The summed E-state index contributed by atoms with van der Waals surface area (Å²) in [5.74, 6) is 0. The zero-order valence-electron chi connectivity index (χ0n) is 11.0. The van der Waals surface area contributed by atoms with Gasteiger partial charge in [-0.1, -0.05) is 31.5 Å². The molecule has 0 aliphatic heterocycles. The van der Waals surface area contributed by atoms with Gasteiger partial charge in [0.25, 0.3) is 0 Å². The predicted molar refractivity (Wildman–Crippen MR) is 67.8 cm³/mol. The second kappa shape index (κ2) is 3.33. The molecule has 1 nitrogen and oxygen atoms in total. The van der Waals surface area contributed by atoms with Crippen molar-refractivity contribution in [1.29, 1.82) is 0 Å². The average Bonchev–Trinajstić information content (AvgIpc) is 2.67. The highest BCUT2D eigenvalue weighted by Crippen LogP contribution is 2.65. The molecule has 2 rings (SSSR count). The summed E-state index contributed by atoms with van der Waals surface area (Å²) in [6.45, 7) is 11.2. The Balaban J connectivity index is 2.58. The Hall–Kier alpha value is -0.820. The van der Waals surface area contributed by atoms with Crippen LogP contribution in [0.3, 0.4) is 0 Å². The highest BCUT2D eigenvalue weighted by atomic mass is 16.3. The van der Waals surface area contributed by atoms with E-state index in [1.807, 2.05) is 0 Å². The monoisotopic (exact) mass is 218 g/mol. The van der Waals surface area contributed by atoms with Crippen LogP contribution in [0.25, 0.3) is 0 Å².